The highest BCUT2D eigenvalue weighted by molar-refractivity contribution is 5.93. The molecule has 4 aliphatic carbocycles. The van der Waals surface area contributed by atoms with Gasteiger partial charge in [0.2, 0.25) is 0 Å². The summed E-state index contributed by atoms with van der Waals surface area (Å²) in [6.07, 6.45) is 8.12. The molecule has 3 N–H and O–H groups in total. The number of aliphatic hydroxyl groups excluding tert-OH is 1. The van der Waals surface area contributed by atoms with Crippen molar-refractivity contribution < 1.29 is 14.3 Å². The maximum Gasteiger partial charge on any atom is 0.164 e. The number of hydrogen-bond acceptors (Lipinski definition) is 3. The summed E-state index contributed by atoms with van der Waals surface area (Å²) in [6, 6.07) is 0. The molecule has 2 unspecified atom stereocenters. The minimum atomic E-state index is -1.63. The monoisotopic (exact) mass is 319 g/mol. The number of alkyl halides is 1. The van der Waals surface area contributed by atoms with Gasteiger partial charge in [-0.3, -0.25) is 10.5 Å². The summed E-state index contributed by atoms with van der Waals surface area (Å²) in [5.41, 5.74) is 6.30. The Kier molecular flexibility index (Phi) is 3.07. The molecule has 0 radical (unpaired) electrons. The van der Waals surface area contributed by atoms with Crippen LogP contribution in [0, 0.1) is 28.6 Å². The fraction of sp³-hybridized carbons (Fsp3) is 0.737. The molecule has 3 nitrogen and oxygen atoms in total. The fourth-order valence-corrected chi connectivity index (χ4v) is 6.12. The second-order valence-electron chi connectivity index (χ2n) is 8.59. The van der Waals surface area contributed by atoms with E-state index in [0.717, 1.165) is 24.8 Å². The summed E-state index contributed by atoms with van der Waals surface area (Å²) < 4.78 is 14.9. The van der Waals surface area contributed by atoms with Crippen molar-refractivity contribution in [3.05, 3.63) is 23.8 Å². The lowest BCUT2D eigenvalue weighted by molar-refractivity contribution is -0.117. The Morgan fingerprint density at radius 3 is 2.70 bits per heavy atom. The summed E-state index contributed by atoms with van der Waals surface area (Å²) >= 11 is 0. The predicted octanol–water partition coefficient (Wildman–Crippen LogP) is 2.89. The lowest BCUT2D eigenvalue weighted by Crippen LogP contribution is -2.58. The van der Waals surface area contributed by atoms with Gasteiger partial charge in [0, 0.05) is 17.3 Å². The van der Waals surface area contributed by atoms with Gasteiger partial charge in [0.05, 0.1) is 6.10 Å². The van der Waals surface area contributed by atoms with Crippen LogP contribution in [0.4, 0.5) is 4.39 Å². The van der Waals surface area contributed by atoms with Gasteiger partial charge in [0.25, 0.3) is 0 Å². The SMILES string of the molecule is C[C@]12C=CC(=O)CC1=CC(O)[C@@H]1[C@H]2CC[C@@]2(C)[C@H]1CCC2(N)F. The Balaban J connectivity index is 1.78. The topological polar surface area (TPSA) is 63.3 Å². The zero-order valence-corrected chi connectivity index (χ0v) is 13.9. The largest absolute Gasteiger partial charge is 0.389 e. The van der Waals surface area contributed by atoms with Crippen LogP contribution in [0.5, 0.6) is 0 Å². The molecule has 0 aromatic heterocycles. The van der Waals surface area contributed by atoms with Crippen LogP contribution in [0.1, 0.15) is 46.0 Å². The first-order chi connectivity index (χ1) is 10.7. The van der Waals surface area contributed by atoms with Crippen LogP contribution in [-0.2, 0) is 4.79 Å². The van der Waals surface area contributed by atoms with Crippen LogP contribution < -0.4 is 5.73 Å². The lowest BCUT2D eigenvalue weighted by Gasteiger charge is -2.57. The molecule has 0 aliphatic heterocycles. The number of ketones is 1. The van der Waals surface area contributed by atoms with E-state index in [1.165, 1.54) is 0 Å². The number of carbonyl (C=O) groups is 1. The zero-order valence-electron chi connectivity index (χ0n) is 13.9. The molecule has 126 valence electrons. The number of halogens is 1. The maximum atomic E-state index is 14.9. The van der Waals surface area contributed by atoms with Gasteiger partial charge in [-0.15, -0.1) is 0 Å². The first-order valence-corrected chi connectivity index (χ1v) is 8.78. The van der Waals surface area contributed by atoms with E-state index in [1.54, 1.807) is 6.08 Å². The van der Waals surface area contributed by atoms with Crippen molar-refractivity contribution in [1.29, 1.82) is 0 Å². The molecule has 0 spiro atoms. The van der Waals surface area contributed by atoms with Crippen LogP contribution in [0.2, 0.25) is 0 Å². The van der Waals surface area contributed by atoms with Crippen LogP contribution >= 0.6 is 0 Å². The zero-order chi connectivity index (χ0) is 16.6. The average Bonchev–Trinajstić information content (AvgIpc) is 2.72. The van der Waals surface area contributed by atoms with E-state index in [4.69, 9.17) is 5.73 Å². The highest BCUT2D eigenvalue weighted by atomic mass is 19.1. The molecular weight excluding hydrogens is 293 g/mol. The fourth-order valence-electron chi connectivity index (χ4n) is 6.12. The molecule has 4 heteroatoms. The van der Waals surface area contributed by atoms with E-state index in [-0.39, 0.29) is 29.0 Å². The third-order valence-corrected chi connectivity index (χ3v) is 7.70. The Morgan fingerprint density at radius 2 is 1.96 bits per heavy atom. The van der Waals surface area contributed by atoms with E-state index >= 15 is 0 Å². The lowest BCUT2D eigenvalue weighted by atomic mass is 9.48. The minimum absolute atomic E-state index is 0.0292. The average molecular weight is 319 g/mol. The van der Waals surface area contributed by atoms with Crippen molar-refractivity contribution in [3.8, 4) is 0 Å². The van der Waals surface area contributed by atoms with Crippen molar-refractivity contribution in [2.75, 3.05) is 0 Å². The van der Waals surface area contributed by atoms with E-state index in [9.17, 15) is 14.3 Å². The van der Waals surface area contributed by atoms with Crippen LogP contribution in [0.3, 0.4) is 0 Å². The highest BCUT2D eigenvalue weighted by Crippen LogP contribution is 2.66. The second-order valence-corrected chi connectivity index (χ2v) is 8.59. The molecule has 2 fully saturated rings. The molecule has 23 heavy (non-hydrogen) atoms. The Hall–Kier alpha value is -1.00. The Morgan fingerprint density at radius 1 is 1.26 bits per heavy atom. The van der Waals surface area contributed by atoms with Gasteiger partial charge < -0.3 is 5.11 Å². The van der Waals surface area contributed by atoms with Crippen LogP contribution in [0.15, 0.2) is 23.8 Å². The van der Waals surface area contributed by atoms with E-state index < -0.39 is 17.3 Å². The number of allylic oxidation sites excluding steroid dienone is 3. The van der Waals surface area contributed by atoms with Crippen molar-refractivity contribution in [2.24, 2.45) is 34.3 Å². The van der Waals surface area contributed by atoms with Gasteiger partial charge >= 0.3 is 0 Å². The molecule has 7 atom stereocenters. The molecule has 4 aliphatic rings. The molecular formula is C19H26FNO2. The van der Waals surface area contributed by atoms with E-state index in [1.807, 2.05) is 19.1 Å². The molecule has 0 aromatic carbocycles. The summed E-state index contributed by atoms with van der Waals surface area (Å²) in [5, 5.41) is 10.8. The summed E-state index contributed by atoms with van der Waals surface area (Å²) in [4.78, 5) is 11.8. The summed E-state index contributed by atoms with van der Waals surface area (Å²) in [5.74, 6) is -1.14. The van der Waals surface area contributed by atoms with E-state index in [2.05, 4.69) is 6.92 Å². The number of rotatable bonds is 0. The summed E-state index contributed by atoms with van der Waals surface area (Å²) in [7, 11) is 0. The van der Waals surface area contributed by atoms with Crippen LogP contribution in [-0.4, -0.2) is 22.8 Å². The van der Waals surface area contributed by atoms with Crippen molar-refractivity contribution in [1.82, 2.24) is 0 Å². The molecule has 0 amide bonds. The molecule has 2 saturated carbocycles. The van der Waals surface area contributed by atoms with Crippen molar-refractivity contribution in [2.45, 2.75) is 57.8 Å². The smallest absolute Gasteiger partial charge is 0.164 e. The van der Waals surface area contributed by atoms with Crippen LogP contribution in [0.25, 0.3) is 0 Å². The minimum Gasteiger partial charge on any atom is -0.389 e. The quantitative estimate of drug-likeness (QED) is 0.533. The van der Waals surface area contributed by atoms with Gasteiger partial charge in [-0.25, -0.2) is 4.39 Å². The molecule has 0 bridgehead atoms. The third-order valence-electron chi connectivity index (χ3n) is 7.70. The Bertz CT molecular complexity index is 625. The second kappa shape index (κ2) is 4.54. The highest BCUT2D eigenvalue weighted by Gasteiger charge is 2.64. The van der Waals surface area contributed by atoms with Gasteiger partial charge in [-0.05, 0) is 49.5 Å². The summed E-state index contributed by atoms with van der Waals surface area (Å²) in [6.45, 7) is 4.14. The molecule has 0 heterocycles. The van der Waals surface area contributed by atoms with Gasteiger partial charge in [-0.2, -0.15) is 0 Å². The first kappa shape index (κ1) is 15.5. The number of nitrogens with two attached hydrogens (primary N) is 1. The van der Waals surface area contributed by atoms with Gasteiger partial charge in [-0.1, -0.05) is 31.6 Å². The van der Waals surface area contributed by atoms with Gasteiger partial charge in [0.1, 0.15) is 0 Å². The Labute approximate surface area is 136 Å². The van der Waals surface area contributed by atoms with E-state index in [0.29, 0.717) is 12.8 Å². The van der Waals surface area contributed by atoms with Gasteiger partial charge in [0.15, 0.2) is 11.6 Å². The molecule has 4 rings (SSSR count). The van der Waals surface area contributed by atoms with Crippen molar-refractivity contribution in [3.63, 3.8) is 0 Å². The predicted molar refractivity (Wildman–Crippen MR) is 86.0 cm³/mol. The number of hydrogen-bond donors (Lipinski definition) is 2. The number of carbonyl (C=O) groups excluding carboxylic acids is 1. The normalized spacial score (nSPS) is 55.0. The first-order valence-electron chi connectivity index (χ1n) is 8.78. The third kappa shape index (κ3) is 1.85. The van der Waals surface area contributed by atoms with Crippen molar-refractivity contribution >= 4 is 5.78 Å². The number of aliphatic hydroxyl groups is 1. The maximum absolute atomic E-state index is 14.9. The molecule has 0 aromatic rings. The standard InChI is InChI=1S/C19H26FNO2/c1-17-6-3-12(22)9-11(17)10-15(23)16-13(17)4-7-18(2)14(16)5-8-19(18,20)21/h3,6,10,13-16,23H,4-5,7-9,21H2,1-2H3/t13-,14+,15?,16-,17+,18+,19?/m1/s1. The number of fused-ring (bicyclic) bond motifs is 5. The molecule has 0 saturated heterocycles.